The second-order valence-electron chi connectivity index (χ2n) is 5.79. The summed E-state index contributed by atoms with van der Waals surface area (Å²) in [5.74, 6) is 0.110. The number of hydrogen-bond donors (Lipinski definition) is 1. The van der Waals surface area contributed by atoms with Gasteiger partial charge in [-0.05, 0) is 53.2 Å². The molecule has 3 aromatic rings. The summed E-state index contributed by atoms with van der Waals surface area (Å²) in [6, 6.07) is 5.48. The van der Waals surface area contributed by atoms with Gasteiger partial charge >= 0.3 is 6.18 Å². The number of amides is 1. The molecular formula is C17H14BrClF3N5OS. The summed E-state index contributed by atoms with van der Waals surface area (Å²) in [6.45, 7) is 1.63. The summed E-state index contributed by atoms with van der Waals surface area (Å²) in [7, 11) is 0. The maximum atomic E-state index is 12.9. The maximum Gasteiger partial charge on any atom is 0.416 e. The van der Waals surface area contributed by atoms with Gasteiger partial charge in [0.1, 0.15) is 6.33 Å². The monoisotopic (exact) mass is 507 g/mol. The zero-order chi connectivity index (χ0) is 20.5. The van der Waals surface area contributed by atoms with Crippen molar-refractivity contribution in [2.24, 2.45) is 0 Å². The maximum absolute atomic E-state index is 12.9. The molecule has 0 saturated heterocycles. The Morgan fingerprint density at radius 1 is 1.24 bits per heavy atom. The number of aromatic nitrogens is 4. The summed E-state index contributed by atoms with van der Waals surface area (Å²) < 4.78 is 41.0. The predicted octanol–water partition coefficient (Wildman–Crippen LogP) is 4.70. The van der Waals surface area contributed by atoms with E-state index < -0.39 is 23.7 Å². The molecule has 0 bridgehead atoms. The molecule has 0 fully saturated rings. The lowest BCUT2D eigenvalue weighted by Crippen LogP contribution is -2.29. The van der Waals surface area contributed by atoms with Gasteiger partial charge in [0, 0.05) is 21.3 Å². The molecule has 6 nitrogen and oxygen atoms in total. The Balaban J connectivity index is 0.00000300. The number of benzene rings is 1. The third kappa shape index (κ3) is 5.49. The van der Waals surface area contributed by atoms with E-state index in [0.717, 1.165) is 16.6 Å². The smallest absolute Gasteiger partial charge is 0.342 e. The van der Waals surface area contributed by atoms with Gasteiger partial charge in [0.15, 0.2) is 11.6 Å². The highest BCUT2D eigenvalue weighted by Gasteiger charge is 2.32. The first-order valence-electron chi connectivity index (χ1n) is 7.85. The predicted molar refractivity (Wildman–Crippen MR) is 110 cm³/mol. The average Bonchev–Trinajstić information content (AvgIpc) is 3.11. The lowest BCUT2D eigenvalue weighted by atomic mass is 10.1. The third-order valence-corrected chi connectivity index (χ3v) is 4.41. The topological polar surface area (TPSA) is 72.7 Å². The van der Waals surface area contributed by atoms with E-state index in [2.05, 4.69) is 36.3 Å². The van der Waals surface area contributed by atoms with E-state index in [1.807, 2.05) is 0 Å². The standard InChI is InChI=1S/C17H12BrClF3N5O.H2S/c1-9(15-24-8-25-27(15)14-3-2-12(18)7-23-14)26-16(28)10-4-11(17(20,21)22)6-13(19)5-10;/h2-9H,1H3,(H,26,28);1H2/t9-;/m0./s1. The van der Waals surface area contributed by atoms with Crippen molar-refractivity contribution in [2.75, 3.05) is 0 Å². The molecule has 0 saturated carbocycles. The molecule has 2 heterocycles. The third-order valence-electron chi connectivity index (χ3n) is 3.73. The van der Waals surface area contributed by atoms with Gasteiger partial charge in [-0.15, -0.1) is 0 Å². The Labute approximate surface area is 184 Å². The highest BCUT2D eigenvalue weighted by atomic mass is 79.9. The van der Waals surface area contributed by atoms with Crippen LogP contribution in [0.25, 0.3) is 5.82 Å². The molecule has 29 heavy (non-hydrogen) atoms. The fourth-order valence-corrected chi connectivity index (χ4v) is 2.91. The largest absolute Gasteiger partial charge is 0.416 e. The Morgan fingerprint density at radius 2 is 1.97 bits per heavy atom. The van der Waals surface area contributed by atoms with E-state index >= 15 is 0 Å². The summed E-state index contributed by atoms with van der Waals surface area (Å²) in [4.78, 5) is 20.8. The summed E-state index contributed by atoms with van der Waals surface area (Å²) >= 11 is 9.02. The van der Waals surface area contributed by atoms with E-state index in [-0.39, 0.29) is 24.1 Å². The van der Waals surface area contributed by atoms with Crippen LogP contribution < -0.4 is 5.32 Å². The molecule has 12 heteroatoms. The van der Waals surface area contributed by atoms with Crippen molar-refractivity contribution in [1.82, 2.24) is 25.1 Å². The SMILES string of the molecule is C[C@H](NC(=O)c1cc(Cl)cc(C(F)(F)F)c1)c1ncnn1-c1ccc(Br)cn1.S. The van der Waals surface area contributed by atoms with Gasteiger partial charge in [-0.1, -0.05) is 11.6 Å². The van der Waals surface area contributed by atoms with Crippen LogP contribution in [-0.2, 0) is 6.18 Å². The molecule has 0 aliphatic rings. The van der Waals surface area contributed by atoms with Crippen molar-refractivity contribution in [3.8, 4) is 5.82 Å². The van der Waals surface area contributed by atoms with Crippen LogP contribution in [0, 0.1) is 0 Å². The van der Waals surface area contributed by atoms with Crippen LogP contribution in [0.2, 0.25) is 5.02 Å². The number of carbonyl (C=O) groups is 1. The van der Waals surface area contributed by atoms with Gasteiger partial charge in [0.25, 0.3) is 5.91 Å². The number of pyridine rings is 1. The molecule has 0 unspecified atom stereocenters. The van der Waals surface area contributed by atoms with Crippen LogP contribution in [0.15, 0.2) is 47.3 Å². The molecule has 1 aromatic carbocycles. The van der Waals surface area contributed by atoms with Gasteiger partial charge in [0.2, 0.25) is 0 Å². The number of halogens is 5. The summed E-state index contributed by atoms with van der Waals surface area (Å²) in [5, 5.41) is 6.50. The van der Waals surface area contributed by atoms with Crippen LogP contribution in [0.1, 0.15) is 34.7 Å². The van der Waals surface area contributed by atoms with Crippen LogP contribution >= 0.6 is 41.0 Å². The molecule has 0 aliphatic heterocycles. The van der Waals surface area contributed by atoms with Crippen molar-refractivity contribution < 1.29 is 18.0 Å². The molecule has 0 radical (unpaired) electrons. The second-order valence-corrected chi connectivity index (χ2v) is 7.14. The number of alkyl halides is 3. The van der Waals surface area contributed by atoms with Gasteiger partial charge < -0.3 is 5.32 Å². The highest BCUT2D eigenvalue weighted by Crippen LogP contribution is 2.32. The minimum absolute atomic E-state index is 0. The Morgan fingerprint density at radius 3 is 2.59 bits per heavy atom. The fraction of sp³-hybridized carbons (Fsp3) is 0.176. The minimum Gasteiger partial charge on any atom is -0.342 e. The van der Waals surface area contributed by atoms with E-state index in [4.69, 9.17) is 11.6 Å². The molecule has 3 rings (SSSR count). The number of nitrogens with one attached hydrogen (secondary N) is 1. The van der Waals surface area contributed by atoms with Crippen molar-refractivity contribution in [3.63, 3.8) is 0 Å². The zero-order valence-corrected chi connectivity index (χ0v) is 18.0. The Kier molecular flexibility index (Phi) is 7.30. The molecule has 154 valence electrons. The Hall–Kier alpha value is -2.11. The van der Waals surface area contributed by atoms with Crippen molar-refractivity contribution in [1.29, 1.82) is 0 Å². The van der Waals surface area contributed by atoms with Crippen molar-refractivity contribution in [2.45, 2.75) is 19.1 Å². The number of hydrogen-bond acceptors (Lipinski definition) is 4. The van der Waals surface area contributed by atoms with Gasteiger partial charge in [-0.3, -0.25) is 4.79 Å². The molecule has 0 aliphatic carbocycles. The van der Waals surface area contributed by atoms with E-state index in [1.165, 1.54) is 17.1 Å². The van der Waals surface area contributed by atoms with Crippen molar-refractivity contribution in [3.05, 3.63) is 69.3 Å². The molecule has 0 spiro atoms. The second kappa shape index (κ2) is 9.14. The van der Waals surface area contributed by atoms with Crippen LogP contribution in [0.3, 0.4) is 0 Å². The Bertz CT molecular complexity index is 1010. The zero-order valence-electron chi connectivity index (χ0n) is 14.7. The lowest BCUT2D eigenvalue weighted by Gasteiger charge is -2.15. The first-order chi connectivity index (χ1) is 13.1. The molecular weight excluding hydrogens is 495 g/mol. The highest BCUT2D eigenvalue weighted by molar-refractivity contribution is 9.10. The summed E-state index contributed by atoms with van der Waals surface area (Å²) in [6.07, 6.45) is -1.74. The number of carbonyl (C=O) groups excluding carboxylic acids is 1. The number of rotatable bonds is 4. The first-order valence-corrected chi connectivity index (χ1v) is 9.03. The van der Waals surface area contributed by atoms with Crippen LogP contribution in [-0.4, -0.2) is 25.7 Å². The molecule has 2 aromatic heterocycles. The van der Waals surface area contributed by atoms with E-state index in [0.29, 0.717) is 11.6 Å². The van der Waals surface area contributed by atoms with E-state index in [1.54, 1.807) is 25.3 Å². The quantitative estimate of drug-likeness (QED) is 0.554. The normalized spacial score (nSPS) is 12.2. The molecule has 1 atom stereocenters. The lowest BCUT2D eigenvalue weighted by molar-refractivity contribution is -0.137. The first kappa shape index (κ1) is 23.2. The minimum atomic E-state index is -4.61. The summed E-state index contributed by atoms with van der Waals surface area (Å²) in [5.41, 5.74) is -1.21. The molecule has 1 N–H and O–H groups in total. The average molecular weight is 509 g/mol. The van der Waals surface area contributed by atoms with Crippen LogP contribution in [0.5, 0.6) is 0 Å². The molecule has 1 amide bonds. The van der Waals surface area contributed by atoms with Gasteiger partial charge in [0.05, 0.1) is 11.6 Å². The van der Waals surface area contributed by atoms with Crippen LogP contribution in [0.4, 0.5) is 13.2 Å². The van der Waals surface area contributed by atoms with Gasteiger partial charge in [-0.2, -0.15) is 36.4 Å². The fourth-order valence-electron chi connectivity index (χ4n) is 2.44. The van der Waals surface area contributed by atoms with Gasteiger partial charge in [-0.25, -0.2) is 9.97 Å². The van der Waals surface area contributed by atoms with Crippen molar-refractivity contribution >= 4 is 46.9 Å². The van der Waals surface area contributed by atoms with E-state index in [9.17, 15) is 18.0 Å². The number of nitrogens with zero attached hydrogens (tertiary/aromatic N) is 4.